The van der Waals surface area contributed by atoms with Crippen molar-refractivity contribution < 1.29 is 4.92 Å². The van der Waals surface area contributed by atoms with Gasteiger partial charge in [0.25, 0.3) is 5.69 Å². The zero-order chi connectivity index (χ0) is 10.4. The average molecular weight is 182 g/mol. The molecule has 4 heteroatoms. The van der Waals surface area contributed by atoms with E-state index >= 15 is 0 Å². The van der Waals surface area contributed by atoms with Crippen molar-refractivity contribution in [1.82, 2.24) is 0 Å². The summed E-state index contributed by atoms with van der Waals surface area (Å²) in [4.78, 5) is 9.97. The van der Waals surface area contributed by atoms with Crippen molar-refractivity contribution in [3.05, 3.63) is 39.4 Å². The Bertz CT molecular complexity index is 298. The van der Waals surface area contributed by atoms with Gasteiger partial charge in [-0.25, -0.2) is 0 Å². The standard InChI is InChI=1S/C8H9NO2.CH5N/c1-6-3-4-8(9(10)11)7(2)5-6;1-2/h3-5H,1-2H3;2H2,1H3. The van der Waals surface area contributed by atoms with Gasteiger partial charge >= 0.3 is 0 Å². The first kappa shape index (κ1) is 11.6. The third kappa shape index (κ3) is 3.21. The summed E-state index contributed by atoms with van der Waals surface area (Å²) in [6.45, 7) is 3.65. The van der Waals surface area contributed by atoms with Gasteiger partial charge in [0.1, 0.15) is 0 Å². The second-order valence-corrected chi connectivity index (χ2v) is 2.55. The molecule has 1 aromatic rings. The molecule has 0 amide bonds. The number of hydrogen-bond acceptors (Lipinski definition) is 3. The Morgan fingerprint density at radius 3 is 2.23 bits per heavy atom. The van der Waals surface area contributed by atoms with Crippen LogP contribution in [0.3, 0.4) is 0 Å². The molecule has 0 spiro atoms. The van der Waals surface area contributed by atoms with Gasteiger partial charge in [0.2, 0.25) is 0 Å². The Balaban J connectivity index is 0.000000671. The Morgan fingerprint density at radius 2 is 1.85 bits per heavy atom. The monoisotopic (exact) mass is 182 g/mol. The lowest BCUT2D eigenvalue weighted by molar-refractivity contribution is -0.385. The van der Waals surface area contributed by atoms with E-state index < -0.39 is 0 Å². The molecule has 0 heterocycles. The molecule has 0 aliphatic carbocycles. The third-order valence-corrected chi connectivity index (χ3v) is 1.55. The largest absolute Gasteiger partial charge is 0.333 e. The van der Waals surface area contributed by atoms with Crippen molar-refractivity contribution in [2.45, 2.75) is 13.8 Å². The Labute approximate surface area is 77.5 Å². The minimum Gasteiger partial charge on any atom is -0.333 e. The zero-order valence-electron chi connectivity index (χ0n) is 8.07. The summed E-state index contributed by atoms with van der Waals surface area (Å²) < 4.78 is 0. The van der Waals surface area contributed by atoms with Crippen LogP contribution in [0.25, 0.3) is 0 Å². The molecule has 1 aromatic carbocycles. The molecule has 0 radical (unpaired) electrons. The number of nitrogens with two attached hydrogens (primary N) is 1. The van der Waals surface area contributed by atoms with Crippen molar-refractivity contribution in [3.63, 3.8) is 0 Å². The van der Waals surface area contributed by atoms with E-state index in [1.807, 2.05) is 6.92 Å². The molecule has 0 bridgehead atoms. The van der Waals surface area contributed by atoms with Crippen LogP contribution in [0.2, 0.25) is 0 Å². The van der Waals surface area contributed by atoms with Gasteiger partial charge in [0.15, 0.2) is 0 Å². The predicted molar refractivity (Wildman–Crippen MR) is 52.7 cm³/mol. The number of rotatable bonds is 1. The van der Waals surface area contributed by atoms with Crippen LogP contribution in [0.15, 0.2) is 18.2 Å². The number of benzene rings is 1. The molecule has 0 aromatic heterocycles. The van der Waals surface area contributed by atoms with E-state index in [1.165, 1.54) is 13.1 Å². The number of hydrogen-bond donors (Lipinski definition) is 1. The lowest BCUT2D eigenvalue weighted by Gasteiger charge is -1.96. The summed E-state index contributed by atoms with van der Waals surface area (Å²) >= 11 is 0. The zero-order valence-corrected chi connectivity index (χ0v) is 8.07. The van der Waals surface area contributed by atoms with Gasteiger partial charge in [-0.2, -0.15) is 0 Å². The molecule has 0 unspecified atom stereocenters. The Kier molecular flexibility index (Phi) is 4.69. The quantitative estimate of drug-likeness (QED) is 0.531. The van der Waals surface area contributed by atoms with Crippen LogP contribution < -0.4 is 5.73 Å². The summed E-state index contributed by atoms with van der Waals surface area (Å²) in [5, 5.41) is 10.3. The minimum absolute atomic E-state index is 0.190. The molecule has 13 heavy (non-hydrogen) atoms. The molecule has 72 valence electrons. The topological polar surface area (TPSA) is 69.2 Å². The van der Waals surface area contributed by atoms with Gasteiger partial charge in [-0.05, 0) is 27.0 Å². The molecule has 0 atom stereocenters. The minimum atomic E-state index is -0.366. The summed E-state index contributed by atoms with van der Waals surface area (Å²) in [5.74, 6) is 0. The van der Waals surface area contributed by atoms with E-state index in [1.54, 1.807) is 19.1 Å². The van der Waals surface area contributed by atoms with Gasteiger partial charge in [0.05, 0.1) is 4.92 Å². The summed E-state index contributed by atoms with van der Waals surface area (Å²) in [5.41, 5.74) is 6.46. The Morgan fingerprint density at radius 1 is 1.31 bits per heavy atom. The second-order valence-electron chi connectivity index (χ2n) is 2.55. The molecule has 0 saturated carbocycles. The highest BCUT2D eigenvalue weighted by Gasteiger charge is 2.07. The molecule has 0 saturated heterocycles. The average Bonchev–Trinajstić information content (AvgIpc) is 2.07. The molecular formula is C9H14N2O2. The van der Waals surface area contributed by atoms with Gasteiger partial charge < -0.3 is 5.73 Å². The summed E-state index contributed by atoms with van der Waals surface area (Å²) in [6, 6.07) is 5.08. The first-order valence-electron chi connectivity index (χ1n) is 3.90. The third-order valence-electron chi connectivity index (χ3n) is 1.55. The first-order valence-corrected chi connectivity index (χ1v) is 3.90. The summed E-state index contributed by atoms with van der Waals surface area (Å²) in [7, 11) is 1.50. The van der Waals surface area contributed by atoms with Gasteiger partial charge in [0, 0.05) is 11.6 Å². The van der Waals surface area contributed by atoms with E-state index in [0.717, 1.165) is 11.1 Å². The van der Waals surface area contributed by atoms with Crippen molar-refractivity contribution in [2.24, 2.45) is 5.73 Å². The highest BCUT2D eigenvalue weighted by atomic mass is 16.6. The molecule has 0 aliphatic rings. The van der Waals surface area contributed by atoms with Crippen molar-refractivity contribution in [3.8, 4) is 0 Å². The van der Waals surface area contributed by atoms with E-state index in [9.17, 15) is 10.1 Å². The molecule has 4 nitrogen and oxygen atoms in total. The van der Waals surface area contributed by atoms with E-state index in [-0.39, 0.29) is 10.6 Å². The molecular weight excluding hydrogens is 168 g/mol. The maximum atomic E-state index is 10.3. The number of nitro benzene ring substituents is 1. The maximum absolute atomic E-state index is 10.3. The fraction of sp³-hybridized carbons (Fsp3) is 0.333. The highest BCUT2D eigenvalue weighted by molar-refractivity contribution is 5.41. The van der Waals surface area contributed by atoms with Crippen LogP contribution in [0, 0.1) is 24.0 Å². The smallest absolute Gasteiger partial charge is 0.272 e. The lowest BCUT2D eigenvalue weighted by Crippen LogP contribution is -1.91. The second kappa shape index (κ2) is 5.27. The maximum Gasteiger partial charge on any atom is 0.272 e. The van der Waals surface area contributed by atoms with Gasteiger partial charge in [-0.1, -0.05) is 11.6 Å². The SMILES string of the molecule is CN.Cc1ccc([N+](=O)[O-])c(C)c1. The summed E-state index contributed by atoms with van der Waals surface area (Å²) in [6.07, 6.45) is 0. The number of aryl methyl sites for hydroxylation is 2. The molecule has 0 fully saturated rings. The predicted octanol–water partition coefficient (Wildman–Crippen LogP) is 1.79. The first-order chi connectivity index (χ1) is 6.11. The van der Waals surface area contributed by atoms with Crippen LogP contribution >= 0.6 is 0 Å². The van der Waals surface area contributed by atoms with Crippen LogP contribution in [0.1, 0.15) is 11.1 Å². The van der Waals surface area contributed by atoms with Crippen molar-refractivity contribution >= 4 is 5.69 Å². The highest BCUT2D eigenvalue weighted by Crippen LogP contribution is 2.17. The molecule has 2 N–H and O–H groups in total. The molecule has 1 rings (SSSR count). The van der Waals surface area contributed by atoms with Crippen LogP contribution in [-0.4, -0.2) is 12.0 Å². The van der Waals surface area contributed by atoms with E-state index in [0.29, 0.717) is 0 Å². The number of nitrogens with zero attached hydrogens (tertiary/aromatic N) is 1. The van der Waals surface area contributed by atoms with Gasteiger partial charge in [-0.3, -0.25) is 10.1 Å². The van der Waals surface area contributed by atoms with E-state index in [2.05, 4.69) is 5.73 Å². The molecule has 0 aliphatic heterocycles. The lowest BCUT2D eigenvalue weighted by atomic mass is 10.1. The number of nitro groups is 1. The van der Waals surface area contributed by atoms with Crippen molar-refractivity contribution in [1.29, 1.82) is 0 Å². The van der Waals surface area contributed by atoms with Crippen molar-refractivity contribution in [2.75, 3.05) is 7.05 Å². The van der Waals surface area contributed by atoms with Crippen LogP contribution in [-0.2, 0) is 0 Å². The van der Waals surface area contributed by atoms with Gasteiger partial charge in [-0.15, -0.1) is 0 Å². The Hall–Kier alpha value is -1.42. The fourth-order valence-corrected chi connectivity index (χ4v) is 1.01. The van der Waals surface area contributed by atoms with Crippen LogP contribution in [0.5, 0.6) is 0 Å². The van der Waals surface area contributed by atoms with E-state index in [4.69, 9.17) is 0 Å². The normalized spacial score (nSPS) is 8.62. The fourth-order valence-electron chi connectivity index (χ4n) is 1.01. The van der Waals surface area contributed by atoms with Crippen LogP contribution in [0.4, 0.5) is 5.69 Å².